The Kier molecular flexibility index (Phi) is 5.53. The fourth-order valence-corrected chi connectivity index (χ4v) is 3.16. The lowest BCUT2D eigenvalue weighted by atomic mass is 10.1. The summed E-state index contributed by atoms with van der Waals surface area (Å²) >= 11 is 12.1. The summed E-state index contributed by atoms with van der Waals surface area (Å²) < 4.78 is 28.7. The Morgan fingerprint density at radius 2 is 1.63 bits per heavy atom. The highest BCUT2D eigenvalue weighted by molar-refractivity contribution is 6.42. The van der Waals surface area contributed by atoms with Gasteiger partial charge in [0.2, 0.25) is 0 Å². The number of nitrogens with zero attached hydrogens (tertiary/aromatic N) is 2. The molecule has 1 amide bonds. The van der Waals surface area contributed by atoms with Crippen LogP contribution in [0.4, 0.5) is 14.5 Å². The zero-order chi connectivity index (χ0) is 21.3. The first kappa shape index (κ1) is 20.1. The topological polar surface area (TPSA) is 46.9 Å². The highest BCUT2D eigenvalue weighted by Crippen LogP contribution is 2.28. The van der Waals surface area contributed by atoms with E-state index in [2.05, 4.69) is 10.4 Å². The Labute approximate surface area is 180 Å². The summed E-state index contributed by atoms with van der Waals surface area (Å²) in [6, 6.07) is 17.9. The molecule has 0 unspecified atom stereocenters. The van der Waals surface area contributed by atoms with Gasteiger partial charge in [-0.25, -0.2) is 13.5 Å². The lowest BCUT2D eigenvalue weighted by Gasteiger charge is -2.09. The number of amides is 1. The van der Waals surface area contributed by atoms with Crippen molar-refractivity contribution in [3.8, 4) is 16.9 Å². The molecule has 0 fully saturated rings. The highest BCUT2D eigenvalue weighted by Gasteiger charge is 2.19. The maximum Gasteiger partial charge on any atom is 0.274 e. The van der Waals surface area contributed by atoms with Crippen LogP contribution >= 0.6 is 23.2 Å². The quantitative estimate of drug-likeness (QED) is 0.397. The molecular formula is C22H13Cl2F2N3O. The summed E-state index contributed by atoms with van der Waals surface area (Å²) in [4.78, 5) is 13.0. The number of nitrogens with one attached hydrogen (secondary N) is 1. The molecule has 0 radical (unpaired) electrons. The Morgan fingerprint density at radius 1 is 0.900 bits per heavy atom. The molecule has 1 heterocycles. The highest BCUT2D eigenvalue weighted by atomic mass is 35.5. The third-order valence-corrected chi connectivity index (χ3v) is 5.09. The van der Waals surface area contributed by atoms with Gasteiger partial charge in [-0.1, -0.05) is 35.3 Å². The maximum absolute atomic E-state index is 14.0. The van der Waals surface area contributed by atoms with Gasteiger partial charge < -0.3 is 5.32 Å². The van der Waals surface area contributed by atoms with Crippen LogP contribution in [-0.4, -0.2) is 15.7 Å². The maximum atomic E-state index is 14.0. The van der Waals surface area contributed by atoms with Crippen molar-refractivity contribution in [2.75, 3.05) is 5.32 Å². The van der Waals surface area contributed by atoms with E-state index in [4.69, 9.17) is 23.2 Å². The third-order valence-electron chi connectivity index (χ3n) is 4.35. The molecule has 1 aromatic heterocycles. The van der Waals surface area contributed by atoms with E-state index in [0.29, 0.717) is 22.0 Å². The second kappa shape index (κ2) is 8.26. The van der Waals surface area contributed by atoms with Crippen LogP contribution in [0.25, 0.3) is 16.9 Å². The van der Waals surface area contributed by atoms with Crippen LogP contribution in [0.1, 0.15) is 10.5 Å². The SMILES string of the molecule is O=C(Nc1ccccc1F)c1cc(-c2ccc(F)cc2)nn1-c1ccc(Cl)c(Cl)c1. The van der Waals surface area contributed by atoms with E-state index >= 15 is 0 Å². The summed E-state index contributed by atoms with van der Waals surface area (Å²) in [6.45, 7) is 0. The van der Waals surface area contributed by atoms with Crippen LogP contribution in [-0.2, 0) is 0 Å². The molecular weight excluding hydrogens is 431 g/mol. The molecule has 0 aliphatic rings. The lowest BCUT2D eigenvalue weighted by molar-refractivity contribution is 0.101. The number of halogens is 4. The van der Waals surface area contributed by atoms with Crippen molar-refractivity contribution >= 4 is 34.8 Å². The van der Waals surface area contributed by atoms with Gasteiger partial charge in [-0.2, -0.15) is 5.10 Å². The number of rotatable bonds is 4. The van der Waals surface area contributed by atoms with Crippen LogP contribution in [0.15, 0.2) is 72.8 Å². The largest absolute Gasteiger partial charge is 0.318 e. The number of anilines is 1. The van der Waals surface area contributed by atoms with E-state index in [0.717, 1.165) is 0 Å². The predicted octanol–water partition coefficient (Wildman–Crippen LogP) is 6.38. The molecule has 0 atom stereocenters. The number of para-hydroxylation sites is 1. The number of hydrogen-bond donors (Lipinski definition) is 1. The van der Waals surface area contributed by atoms with Crippen molar-refractivity contribution in [1.82, 2.24) is 9.78 Å². The number of hydrogen-bond acceptors (Lipinski definition) is 2. The van der Waals surface area contributed by atoms with Crippen molar-refractivity contribution in [3.63, 3.8) is 0 Å². The van der Waals surface area contributed by atoms with Gasteiger partial charge in [-0.15, -0.1) is 0 Å². The Morgan fingerprint density at radius 3 is 2.33 bits per heavy atom. The number of aromatic nitrogens is 2. The van der Waals surface area contributed by atoms with Crippen molar-refractivity contribution in [2.24, 2.45) is 0 Å². The van der Waals surface area contributed by atoms with Gasteiger partial charge in [0.1, 0.15) is 17.3 Å². The number of benzene rings is 3. The number of carbonyl (C=O) groups excluding carboxylic acids is 1. The van der Waals surface area contributed by atoms with Crippen LogP contribution < -0.4 is 5.32 Å². The molecule has 0 bridgehead atoms. The standard InChI is InChI=1S/C22H13Cl2F2N3O/c23-16-10-9-15(11-17(16)24)29-21(22(30)27-19-4-2-1-3-18(19)26)12-20(28-29)13-5-7-14(25)8-6-13/h1-12H,(H,27,30). The minimum absolute atomic E-state index is 0.0349. The monoisotopic (exact) mass is 443 g/mol. The molecule has 30 heavy (non-hydrogen) atoms. The van der Waals surface area contributed by atoms with Gasteiger partial charge in [0.25, 0.3) is 5.91 Å². The van der Waals surface area contributed by atoms with E-state index in [1.807, 2.05) is 0 Å². The van der Waals surface area contributed by atoms with Crippen LogP contribution in [0.3, 0.4) is 0 Å². The van der Waals surface area contributed by atoms with E-state index in [1.54, 1.807) is 36.4 Å². The third kappa shape index (κ3) is 4.06. The van der Waals surface area contributed by atoms with Crippen molar-refractivity contribution in [2.45, 2.75) is 0 Å². The Hall–Kier alpha value is -3.22. The molecule has 0 saturated carbocycles. The molecule has 0 aliphatic carbocycles. The van der Waals surface area contributed by atoms with Gasteiger partial charge in [0, 0.05) is 5.56 Å². The first-order valence-corrected chi connectivity index (χ1v) is 9.55. The van der Waals surface area contributed by atoms with Crippen LogP contribution in [0.2, 0.25) is 10.0 Å². The zero-order valence-electron chi connectivity index (χ0n) is 15.2. The Bertz CT molecular complexity index is 1240. The van der Waals surface area contributed by atoms with E-state index in [-0.39, 0.29) is 22.2 Å². The molecule has 150 valence electrons. The minimum atomic E-state index is -0.577. The smallest absolute Gasteiger partial charge is 0.274 e. The summed E-state index contributed by atoms with van der Waals surface area (Å²) in [7, 11) is 0. The molecule has 4 rings (SSSR count). The fourth-order valence-electron chi connectivity index (χ4n) is 2.87. The van der Waals surface area contributed by atoms with E-state index in [1.165, 1.54) is 41.1 Å². The molecule has 1 N–H and O–H groups in total. The average Bonchev–Trinajstić information content (AvgIpc) is 3.18. The molecule has 0 aliphatic heterocycles. The molecule has 0 spiro atoms. The van der Waals surface area contributed by atoms with Crippen molar-refractivity contribution in [1.29, 1.82) is 0 Å². The first-order valence-electron chi connectivity index (χ1n) is 8.79. The summed E-state index contributed by atoms with van der Waals surface area (Å²) in [5, 5.41) is 7.65. The Balaban J connectivity index is 1.80. The van der Waals surface area contributed by atoms with Gasteiger partial charge in [-0.05, 0) is 60.7 Å². The molecule has 0 saturated heterocycles. The minimum Gasteiger partial charge on any atom is -0.318 e. The lowest BCUT2D eigenvalue weighted by Crippen LogP contribution is -2.17. The molecule has 4 aromatic rings. The number of carbonyl (C=O) groups is 1. The zero-order valence-corrected chi connectivity index (χ0v) is 16.8. The van der Waals surface area contributed by atoms with Crippen LogP contribution in [0, 0.1) is 11.6 Å². The summed E-state index contributed by atoms with van der Waals surface area (Å²) in [6.07, 6.45) is 0. The molecule has 8 heteroatoms. The molecule has 4 nitrogen and oxygen atoms in total. The van der Waals surface area contributed by atoms with Crippen LogP contribution in [0.5, 0.6) is 0 Å². The van der Waals surface area contributed by atoms with Gasteiger partial charge >= 0.3 is 0 Å². The predicted molar refractivity (Wildman–Crippen MR) is 113 cm³/mol. The van der Waals surface area contributed by atoms with E-state index in [9.17, 15) is 13.6 Å². The van der Waals surface area contributed by atoms with Gasteiger partial charge in [0.05, 0.1) is 27.1 Å². The summed E-state index contributed by atoms with van der Waals surface area (Å²) in [5.74, 6) is -1.53. The fraction of sp³-hybridized carbons (Fsp3) is 0. The second-order valence-electron chi connectivity index (χ2n) is 6.37. The van der Waals surface area contributed by atoms with Gasteiger partial charge in [-0.3, -0.25) is 4.79 Å². The first-order chi connectivity index (χ1) is 14.4. The summed E-state index contributed by atoms with van der Waals surface area (Å²) in [5.41, 5.74) is 1.69. The molecule has 3 aromatic carbocycles. The van der Waals surface area contributed by atoms with Crippen molar-refractivity contribution in [3.05, 3.63) is 100 Å². The van der Waals surface area contributed by atoms with Gasteiger partial charge in [0.15, 0.2) is 0 Å². The normalized spacial score (nSPS) is 10.8. The van der Waals surface area contributed by atoms with E-state index < -0.39 is 11.7 Å². The second-order valence-corrected chi connectivity index (χ2v) is 7.18. The average molecular weight is 444 g/mol. The van der Waals surface area contributed by atoms with Crippen molar-refractivity contribution < 1.29 is 13.6 Å².